The molecule has 0 bridgehead atoms. The van der Waals surface area contributed by atoms with Crippen LogP contribution in [0.25, 0.3) is 0 Å². The van der Waals surface area contributed by atoms with Crippen molar-refractivity contribution in [3.05, 3.63) is 59.7 Å². The molecule has 0 aliphatic carbocycles. The zero-order chi connectivity index (χ0) is 27.1. The number of benzene rings is 2. The first kappa shape index (κ1) is 28.0. The van der Waals surface area contributed by atoms with Gasteiger partial charge in [-0.1, -0.05) is 12.1 Å². The molecule has 0 fully saturated rings. The van der Waals surface area contributed by atoms with Crippen molar-refractivity contribution in [3.63, 3.8) is 0 Å². The van der Waals surface area contributed by atoms with Crippen LogP contribution in [0.15, 0.2) is 53.5 Å². The summed E-state index contributed by atoms with van der Waals surface area (Å²) in [6.07, 6.45) is -0.389. The van der Waals surface area contributed by atoms with Crippen LogP contribution in [-0.2, 0) is 23.8 Å². The van der Waals surface area contributed by atoms with E-state index < -0.39 is 29.2 Å². The molecule has 0 saturated carbocycles. The molecule has 1 heterocycles. The second-order valence-corrected chi connectivity index (χ2v) is 9.64. The maximum Gasteiger partial charge on any atom is 0.338 e. The largest absolute Gasteiger partial charge is 0.497 e. The first-order valence-corrected chi connectivity index (χ1v) is 12.2. The molecule has 0 aromatic heterocycles. The number of hydrogen-bond donors (Lipinski definition) is 1. The summed E-state index contributed by atoms with van der Waals surface area (Å²) >= 11 is 0. The summed E-state index contributed by atoms with van der Waals surface area (Å²) in [5.41, 5.74) is -0.908. The Balaban J connectivity index is 1.99. The normalized spacial score (nSPS) is 19.0. The van der Waals surface area contributed by atoms with Gasteiger partial charge in [-0.05, 0) is 69.2 Å². The van der Waals surface area contributed by atoms with E-state index in [0.717, 1.165) is 0 Å². The van der Waals surface area contributed by atoms with Gasteiger partial charge in [0.05, 0.1) is 20.8 Å². The van der Waals surface area contributed by atoms with Crippen molar-refractivity contribution in [2.24, 2.45) is 4.99 Å². The van der Waals surface area contributed by atoms with Crippen LogP contribution in [0.2, 0.25) is 0 Å². The summed E-state index contributed by atoms with van der Waals surface area (Å²) in [5.74, 6) is 0.384. The van der Waals surface area contributed by atoms with Crippen molar-refractivity contribution in [2.75, 3.05) is 27.4 Å². The molecule has 37 heavy (non-hydrogen) atoms. The van der Waals surface area contributed by atoms with E-state index in [4.69, 9.17) is 33.8 Å². The lowest BCUT2D eigenvalue weighted by Crippen LogP contribution is -2.42. The van der Waals surface area contributed by atoms with Crippen molar-refractivity contribution in [1.82, 2.24) is 0 Å². The highest BCUT2D eigenvalue weighted by Crippen LogP contribution is 2.44. The van der Waals surface area contributed by atoms with Crippen LogP contribution in [0.4, 0.5) is 0 Å². The topological polar surface area (TPSA) is 113 Å². The Morgan fingerprint density at radius 2 is 1.81 bits per heavy atom. The van der Waals surface area contributed by atoms with Crippen molar-refractivity contribution in [1.29, 1.82) is 0 Å². The molecule has 0 amide bonds. The Morgan fingerprint density at radius 1 is 1.08 bits per heavy atom. The Labute approximate surface area is 217 Å². The molecule has 0 saturated heterocycles. The number of nitrogens with zero attached hydrogens (tertiary/aromatic N) is 1. The maximum atomic E-state index is 13.3. The molecule has 0 radical (unpaired) electrons. The molecule has 1 aliphatic heterocycles. The molecule has 0 unspecified atom stereocenters. The van der Waals surface area contributed by atoms with E-state index in [1.807, 2.05) is 6.07 Å². The quantitative estimate of drug-likeness (QED) is 0.354. The van der Waals surface area contributed by atoms with Crippen LogP contribution in [0.1, 0.15) is 57.3 Å². The number of carbonyl (C=O) groups excluding carboxylic acids is 2. The molecule has 0 spiro atoms. The number of aliphatic hydroxyl groups excluding tert-OH is 1. The molecule has 9 heteroatoms. The van der Waals surface area contributed by atoms with Gasteiger partial charge in [0.15, 0.2) is 6.10 Å². The van der Waals surface area contributed by atoms with Crippen LogP contribution in [0.5, 0.6) is 11.5 Å². The maximum absolute atomic E-state index is 13.3. The van der Waals surface area contributed by atoms with Gasteiger partial charge in [-0.25, -0.2) is 9.79 Å². The fourth-order valence-corrected chi connectivity index (χ4v) is 4.01. The Morgan fingerprint density at radius 3 is 2.43 bits per heavy atom. The zero-order valence-corrected chi connectivity index (χ0v) is 22.0. The fourth-order valence-electron chi connectivity index (χ4n) is 4.01. The van der Waals surface area contributed by atoms with Crippen molar-refractivity contribution in [3.8, 4) is 11.5 Å². The van der Waals surface area contributed by atoms with E-state index in [9.17, 15) is 9.59 Å². The number of esters is 2. The number of methoxy groups -OCH3 is 2. The molecule has 2 aromatic rings. The number of rotatable bonds is 11. The van der Waals surface area contributed by atoms with Gasteiger partial charge < -0.3 is 28.8 Å². The Hall–Kier alpha value is -3.59. The highest BCUT2D eigenvalue weighted by molar-refractivity contribution is 6.00. The Kier molecular flexibility index (Phi) is 9.15. The molecule has 9 nitrogen and oxygen atoms in total. The summed E-state index contributed by atoms with van der Waals surface area (Å²) in [6, 6.07) is 14.2. The minimum absolute atomic E-state index is 0.0162. The van der Waals surface area contributed by atoms with Crippen LogP contribution < -0.4 is 9.47 Å². The van der Waals surface area contributed by atoms with Crippen molar-refractivity contribution in [2.45, 2.75) is 57.3 Å². The third-order valence-corrected chi connectivity index (χ3v) is 5.70. The fraction of sp³-hybridized carbons (Fsp3) is 0.464. The van der Waals surface area contributed by atoms with E-state index in [1.165, 1.54) is 7.11 Å². The van der Waals surface area contributed by atoms with E-state index in [0.29, 0.717) is 35.7 Å². The molecular formula is C28H35NO8. The van der Waals surface area contributed by atoms with Gasteiger partial charge in [-0.2, -0.15) is 0 Å². The van der Waals surface area contributed by atoms with Gasteiger partial charge in [-0.3, -0.25) is 4.79 Å². The predicted molar refractivity (Wildman–Crippen MR) is 137 cm³/mol. The number of aliphatic imine (C=N–C) groups is 1. The summed E-state index contributed by atoms with van der Waals surface area (Å²) < 4.78 is 27.9. The van der Waals surface area contributed by atoms with Gasteiger partial charge in [-0.15, -0.1) is 0 Å². The molecule has 2 aromatic carbocycles. The van der Waals surface area contributed by atoms with Crippen molar-refractivity contribution < 1.29 is 38.4 Å². The molecular weight excluding hydrogens is 478 g/mol. The van der Waals surface area contributed by atoms with Gasteiger partial charge in [0.25, 0.3) is 0 Å². The first-order chi connectivity index (χ1) is 17.6. The van der Waals surface area contributed by atoms with Crippen LogP contribution in [0.3, 0.4) is 0 Å². The average Bonchev–Trinajstić information content (AvgIpc) is 3.27. The molecule has 3 rings (SSSR count). The van der Waals surface area contributed by atoms with Crippen molar-refractivity contribution >= 4 is 17.8 Å². The standard InChI is InChI=1S/C28H35NO8/c1-27(2,3)37-23(31)14-15-28(26(32)34-5)24(20-8-6-9-22(18-20)33-4)36-25(29-28)19-10-12-21(13-11-19)35-17-7-16-30/h6,8-13,18,24,30H,7,14-17H2,1-5H3/t24-,28-/m1/s1. The van der Waals surface area contributed by atoms with E-state index >= 15 is 0 Å². The molecule has 1 N–H and O–H groups in total. The SMILES string of the molecule is COC(=O)[C@]1(CCC(=O)OC(C)(C)C)N=C(c2ccc(OCCCO)cc2)O[C@@H]1c1cccc(OC)c1. The van der Waals surface area contributed by atoms with Crippen LogP contribution in [-0.4, -0.2) is 61.5 Å². The average molecular weight is 514 g/mol. The number of carbonyl (C=O) groups is 2. The number of ether oxygens (including phenoxy) is 5. The van der Waals surface area contributed by atoms with Gasteiger partial charge in [0.1, 0.15) is 17.1 Å². The van der Waals surface area contributed by atoms with E-state index in [-0.39, 0.29) is 25.3 Å². The summed E-state index contributed by atoms with van der Waals surface area (Å²) in [4.78, 5) is 30.7. The highest BCUT2D eigenvalue weighted by atomic mass is 16.6. The minimum Gasteiger partial charge on any atom is -0.497 e. The summed E-state index contributed by atoms with van der Waals surface area (Å²) in [7, 11) is 2.84. The second kappa shape index (κ2) is 12.1. The molecule has 200 valence electrons. The number of aliphatic hydroxyl groups is 1. The van der Waals surface area contributed by atoms with Crippen LogP contribution in [0, 0.1) is 0 Å². The smallest absolute Gasteiger partial charge is 0.338 e. The van der Waals surface area contributed by atoms with E-state index in [1.54, 1.807) is 70.3 Å². The summed E-state index contributed by atoms with van der Waals surface area (Å²) in [5, 5.41) is 8.94. The second-order valence-electron chi connectivity index (χ2n) is 9.64. The van der Waals surface area contributed by atoms with Crippen LogP contribution >= 0.6 is 0 Å². The van der Waals surface area contributed by atoms with E-state index in [2.05, 4.69) is 0 Å². The lowest BCUT2D eigenvalue weighted by atomic mass is 9.84. The Bertz CT molecular complexity index is 1110. The number of hydrogen-bond acceptors (Lipinski definition) is 9. The lowest BCUT2D eigenvalue weighted by molar-refractivity contribution is -0.157. The molecule has 1 aliphatic rings. The lowest BCUT2D eigenvalue weighted by Gasteiger charge is -2.29. The van der Waals surface area contributed by atoms with Gasteiger partial charge >= 0.3 is 11.9 Å². The van der Waals surface area contributed by atoms with Gasteiger partial charge in [0.2, 0.25) is 11.4 Å². The first-order valence-electron chi connectivity index (χ1n) is 12.2. The zero-order valence-electron chi connectivity index (χ0n) is 22.0. The monoisotopic (exact) mass is 513 g/mol. The minimum atomic E-state index is -1.52. The molecule has 2 atom stereocenters. The third-order valence-electron chi connectivity index (χ3n) is 5.70. The van der Waals surface area contributed by atoms with Gasteiger partial charge in [0, 0.05) is 25.0 Å². The third kappa shape index (κ3) is 7.01. The summed E-state index contributed by atoms with van der Waals surface area (Å²) in [6.45, 7) is 5.79. The highest BCUT2D eigenvalue weighted by Gasteiger charge is 2.54. The predicted octanol–water partition coefficient (Wildman–Crippen LogP) is 4.01.